The highest BCUT2D eigenvalue weighted by Crippen LogP contribution is 2.22. The van der Waals surface area contributed by atoms with Crippen LogP contribution in [0, 0.1) is 5.82 Å². The second kappa shape index (κ2) is 7.06. The van der Waals surface area contributed by atoms with Crippen molar-refractivity contribution in [3.63, 3.8) is 0 Å². The highest BCUT2D eigenvalue weighted by atomic mass is 32.2. The van der Waals surface area contributed by atoms with Gasteiger partial charge in [-0.15, -0.1) is 0 Å². The van der Waals surface area contributed by atoms with Crippen molar-refractivity contribution in [3.8, 4) is 0 Å². The van der Waals surface area contributed by atoms with Crippen LogP contribution in [0.1, 0.15) is 16.8 Å². The lowest BCUT2D eigenvalue weighted by molar-refractivity contribution is -0.145. The molecule has 1 aromatic rings. The first-order valence-corrected chi connectivity index (χ1v) is 9.08. The summed E-state index contributed by atoms with van der Waals surface area (Å²) in [5.74, 6) is -2.75. The van der Waals surface area contributed by atoms with E-state index in [4.69, 9.17) is 9.47 Å². The van der Waals surface area contributed by atoms with Gasteiger partial charge in [0.15, 0.2) is 0 Å². The summed E-state index contributed by atoms with van der Waals surface area (Å²) in [5.41, 5.74) is -0.547. The van der Waals surface area contributed by atoms with Crippen LogP contribution < -0.4 is 0 Å². The van der Waals surface area contributed by atoms with Gasteiger partial charge in [-0.2, -0.15) is 4.31 Å². The number of benzene rings is 1. The van der Waals surface area contributed by atoms with E-state index in [9.17, 15) is 22.4 Å². The van der Waals surface area contributed by atoms with Crippen LogP contribution >= 0.6 is 0 Å². The molecule has 10 heteroatoms. The molecule has 0 saturated carbocycles. The van der Waals surface area contributed by atoms with Crippen LogP contribution in [0.2, 0.25) is 0 Å². The number of ether oxygens (including phenoxy) is 3. The lowest BCUT2D eigenvalue weighted by atomic mass is 10.2. The van der Waals surface area contributed by atoms with Gasteiger partial charge >= 0.3 is 11.9 Å². The maximum absolute atomic E-state index is 14.0. The molecule has 1 atom stereocenters. The molecule has 0 bridgehead atoms. The van der Waals surface area contributed by atoms with Crippen LogP contribution in [0.15, 0.2) is 23.1 Å². The summed E-state index contributed by atoms with van der Waals surface area (Å²) >= 11 is 0. The van der Waals surface area contributed by atoms with E-state index in [1.54, 1.807) is 0 Å². The number of halogens is 1. The standard InChI is InChI=1S/C15H16FNO7S/c16-12-2-1-10(25(20,21)17-4-7-22-8-5-17)9-11(12)14(18)24-13-3-6-23-15(13)19/h1-2,9,13H,3-8H2. The van der Waals surface area contributed by atoms with Crippen LogP contribution in [0.25, 0.3) is 0 Å². The molecule has 3 rings (SSSR count). The van der Waals surface area contributed by atoms with E-state index in [2.05, 4.69) is 4.74 Å². The van der Waals surface area contributed by atoms with Crippen molar-refractivity contribution in [1.29, 1.82) is 0 Å². The van der Waals surface area contributed by atoms with Crippen molar-refractivity contribution in [2.24, 2.45) is 0 Å². The minimum absolute atomic E-state index is 0.116. The van der Waals surface area contributed by atoms with Crippen LogP contribution in [0.5, 0.6) is 0 Å². The first-order valence-electron chi connectivity index (χ1n) is 7.64. The van der Waals surface area contributed by atoms with Crippen LogP contribution in [0.3, 0.4) is 0 Å². The van der Waals surface area contributed by atoms with Gasteiger partial charge in [0.25, 0.3) is 0 Å². The minimum atomic E-state index is -3.89. The molecule has 2 fully saturated rings. The zero-order valence-corrected chi connectivity index (χ0v) is 14.0. The molecule has 136 valence electrons. The van der Waals surface area contributed by atoms with Gasteiger partial charge < -0.3 is 14.2 Å². The van der Waals surface area contributed by atoms with E-state index in [0.29, 0.717) is 0 Å². The minimum Gasteiger partial charge on any atom is -0.463 e. The molecular formula is C15H16FNO7S. The molecule has 0 amide bonds. The number of hydrogen-bond acceptors (Lipinski definition) is 7. The van der Waals surface area contributed by atoms with Gasteiger partial charge in [-0.1, -0.05) is 0 Å². The summed E-state index contributed by atoms with van der Waals surface area (Å²) in [6.07, 6.45) is -0.927. The molecular weight excluding hydrogens is 357 g/mol. The Morgan fingerprint density at radius 1 is 1.24 bits per heavy atom. The van der Waals surface area contributed by atoms with E-state index in [1.807, 2.05) is 0 Å². The number of nitrogens with zero attached hydrogens (tertiary/aromatic N) is 1. The van der Waals surface area contributed by atoms with E-state index in [-0.39, 0.29) is 44.2 Å². The normalized spacial score (nSPS) is 21.8. The zero-order valence-electron chi connectivity index (χ0n) is 13.1. The molecule has 8 nitrogen and oxygen atoms in total. The van der Waals surface area contributed by atoms with Crippen molar-refractivity contribution >= 4 is 22.0 Å². The SMILES string of the molecule is O=C(OC1CCOC1=O)c1cc(S(=O)(=O)N2CCOCC2)ccc1F. The first-order chi connectivity index (χ1) is 11.9. The highest BCUT2D eigenvalue weighted by molar-refractivity contribution is 7.89. The fraction of sp³-hybridized carbons (Fsp3) is 0.467. The van der Waals surface area contributed by atoms with Gasteiger partial charge in [-0.25, -0.2) is 22.4 Å². The number of morpholine rings is 1. The molecule has 1 aromatic carbocycles. The second-order valence-corrected chi connectivity index (χ2v) is 7.45. The highest BCUT2D eigenvalue weighted by Gasteiger charge is 2.32. The summed E-state index contributed by atoms with van der Waals surface area (Å²) in [5, 5.41) is 0. The third kappa shape index (κ3) is 3.65. The predicted octanol–water partition coefficient (Wildman–Crippen LogP) is 0.319. The molecule has 2 saturated heterocycles. The number of rotatable bonds is 4. The maximum Gasteiger partial charge on any atom is 0.347 e. The fourth-order valence-electron chi connectivity index (χ4n) is 2.53. The van der Waals surface area contributed by atoms with E-state index >= 15 is 0 Å². The Hall–Kier alpha value is -2.04. The molecule has 0 radical (unpaired) electrons. The summed E-state index contributed by atoms with van der Waals surface area (Å²) < 4.78 is 55.1. The van der Waals surface area contributed by atoms with Crippen LogP contribution in [0.4, 0.5) is 4.39 Å². The van der Waals surface area contributed by atoms with Crippen molar-refractivity contribution in [2.45, 2.75) is 17.4 Å². The van der Waals surface area contributed by atoms with E-state index < -0.39 is 39.4 Å². The van der Waals surface area contributed by atoms with Gasteiger partial charge in [0.1, 0.15) is 5.82 Å². The fourth-order valence-corrected chi connectivity index (χ4v) is 3.97. The zero-order chi connectivity index (χ0) is 18.0. The smallest absolute Gasteiger partial charge is 0.347 e. The first kappa shape index (κ1) is 17.8. The monoisotopic (exact) mass is 373 g/mol. The lowest BCUT2D eigenvalue weighted by Gasteiger charge is -2.26. The Balaban J connectivity index is 1.84. The van der Waals surface area contributed by atoms with Crippen molar-refractivity contribution in [2.75, 3.05) is 32.9 Å². The number of hydrogen-bond donors (Lipinski definition) is 0. The predicted molar refractivity (Wildman–Crippen MR) is 80.8 cm³/mol. The molecule has 0 aromatic heterocycles. The molecule has 0 N–H and O–H groups in total. The van der Waals surface area contributed by atoms with Crippen molar-refractivity contribution in [1.82, 2.24) is 4.31 Å². The number of esters is 2. The van der Waals surface area contributed by atoms with E-state index in [0.717, 1.165) is 18.2 Å². The molecule has 2 heterocycles. The molecule has 0 aliphatic carbocycles. The van der Waals surface area contributed by atoms with E-state index in [1.165, 1.54) is 4.31 Å². The third-order valence-corrected chi connectivity index (χ3v) is 5.80. The summed E-state index contributed by atoms with van der Waals surface area (Å²) in [7, 11) is -3.89. The molecule has 2 aliphatic heterocycles. The topological polar surface area (TPSA) is 99.2 Å². The summed E-state index contributed by atoms with van der Waals surface area (Å²) in [6.45, 7) is 0.990. The van der Waals surface area contributed by atoms with Gasteiger partial charge in [-0.05, 0) is 18.2 Å². The Morgan fingerprint density at radius 3 is 2.60 bits per heavy atom. The van der Waals surface area contributed by atoms with Gasteiger partial charge in [0, 0.05) is 19.5 Å². The number of carbonyl (C=O) groups excluding carboxylic acids is 2. The Labute approximate surface area is 143 Å². The largest absolute Gasteiger partial charge is 0.463 e. The van der Waals surface area contributed by atoms with Crippen LogP contribution in [-0.4, -0.2) is 63.7 Å². The number of cyclic esters (lactones) is 1. The average Bonchev–Trinajstić information content (AvgIpc) is 3.00. The Kier molecular flexibility index (Phi) is 5.02. The molecule has 2 aliphatic rings. The maximum atomic E-state index is 14.0. The second-order valence-electron chi connectivity index (χ2n) is 5.51. The summed E-state index contributed by atoms with van der Waals surface area (Å²) in [6, 6.07) is 2.89. The third-order valence-electron chi connectivity index (χ3n) is 3.90. The Morgan fingerprint density at radius 2 is 1.96 bits per heavy atom. The van der Waals surface area contributed by atoms with Crippen LogP contribution in [-0.2, 0) is 29.0 Å². The number of carbonyl (C=O) groups is 2. The van der Waals surface area contributed by atoms with Gasteiger partial charge in [0.05, 0.1) is 30.3 Å². The van der Waals surface area contributed by atoms with Crippen molar-refractivity contribution < 1.29 is 36.6 Å². The molecule has 25 heavy (non-hydrogen) atoms. The van der Waals surface area contributed by atoms with Gasteiger partial charge in [-0.3, -0.25) is 0 Å². The van der Waals surface area contributed by atoms with Crippen molar-refractivity contribution in [3.05, 3.63) is 29.6 Å². The number of sulfonamides is 1. The Bertz CT molecular complexity index is 789. The summed E-state index contributed by atoms with van der Waals surface area (Å²) in [4.78, 5) is 23.2. The molecule has 0 spiro atoms. The quantitative estimate of drug-likeness (QED) is 0.701. The average molecular weight is 373 g/mol. The van der Waals surface area contributed by atoms with Gasteiger partial charge in [0.2, 0.25) is 16.1 Å². The molecule has 1 unspecified atom stereocenters. The lowest BCUT2D eigenvalue weighted by Crippen LogP contribution is -2.40.